The fourth-order valence-electron chi connectivity index (χ4n) is 2.81. The highest BCUT2D eigenvalue weighted by Gasteiger charge is 2.42. The molecule has 6 nitrogen and oxygen atoms in total. The number of ether oxygens (including phenoxy) is 2. The number of halogens is 1. The van der Waals surface area contributed by atoms with Crippen molar-refractivity contribution in [1.29, 1.82) is 0 Å². The van der Waals surface area contributed by atoms with Crippen molar-refractivity contribution >= 4 is 11.9 Å². The quantitative estimate of drug-likeness (QED) is 0.709. The van der Waals surface area contributed by atoms with Crippen molar-refractivity contribution in [2.75, 3.05) is 20.3 Å². The number of rotatable bonds is 8. The van der Waals surface area contributed by atoms with E-state index in [9.17, 15) is 19.1 Å². The maximum Gasteiger partial charge on any atom is 0.329 e. The molecule has 0 aromatic heterocycles. The van der Waals surface area contributed by atoms with Gasteiger partial charge in [0.25, 0.3) is 5.91 Å². The van der Waals surface area contributed by atoms with Crippen molar-refractivity contribution < 1.29 is 28.6 Å². The molecule has 132 valence electrons. The van der Waals surface area contributed by atoms with E-state index in [0.29, 0.717) is 26.1 Å². The Hall–Kier alpha value is -1.99. The number of nitrogens with one attached hydrogen (secondary N) is 1. The molecule has 0 aliphatic heterocycles. The number of benzene rings is 1. The first-order valence-electron chi connectivity index (χ1n) is 7.89. The lowest BCUT2D eigenvalue weighted by molar-refractivity contribution is -0.144. The molecular formula is C17H22FNO5. The topological polar surface area (TPSA) is 84.9 Å². The van der Waals surface area contributed by atoms with Gasteiger partial charge < -0.3 is 19.9 Å². The summed E-state index contributed by atoms with van der Waals surface area (Å²) in [5.41, 5.74) is -0.760. The first-order valence-corrected chi connectivity index (χ1v) is 7.89. The Bertz CT molecular complexity index is 599. The number of methoxy groups -OCH3 is 1. The number of carboxylic acids is 1. The second-order valence-corrected chi connectivity index (χ2v) is 5.90. The van der Waals surface area contributed by atoms with Crippen molar-refractivity contribution in [2.24, 2.45) is 0 Å². The van der Waals surface area contributed by atoms with E-state index in [4.69, 9.17) is 9.47 Å². The summed E-state index contributed by atoms with van der Waals surface area (Å²) < 4.78 is 23.9. The Balaban J connectivity index is 2.07. The summed E-state index contributed by atoms with van der Waals surface area (Å²) in [7, 11) is 1.54. The van der Waals surface area contributed by atoms with Gasteiger partial charge in [0.1, 0.15) is 11.4 Å². The number of hydrogen-bond acceptors (Lipinski definition) is 4. The summed E-state index contributed by atoms with van der Waals surface area (Å²) in [5.74, 6) is -2.02. The molecule has 2 N–H and O–H groups in total. The molecule has 0 saturated heterocycles. The van der Waals surface area contributed by atoms with E-state index in [2.05, 4.69) is 5.32 Å². The van der Waals surface area contributed by atoms with Gasteiger partial charge in [0.2, 0.25) is 0 Å². The second-order valence-electron chi connectivity index (χ2n) is 5.90. The van der Waals surface area contributed by atoms with Crippen molar-refractivity contribution in [2.45, 2.75) is 37.8 Å². The Morgan fingerprint density at radius 1 is 1.29 bits per heavy atom. The molecule has 1 amide bonds. The number of aliphatic carboxylic acids is 1. The first kappa shape index (κ1) is 18.4. The van der Waals surface area contributed by atoms with E-state index in [1.54, 1.807) is 0 Å². The smallest absolute Gasteiger partial charge is 0.329 e. The SMILES string of the molecule is COCCOCc1cc(C(=O)NC2(C(=O)O)CCCC2)ccc1F. The van der Waals surface area contributed by atoms with Crippen LogP contribution in [0, 0.1) is 5.82 Å². The molecule has 0 bridgehead atoms. The van der Waals surface area contributed by atoms with Gasteiger partial charge in [-0.05, 0) is 31.0 Å². The van der Waals surface area contributed by atoms with Crippen LogP contribution in [0.15, 0.2) is 18.2 Å². The molecule has 2 rings (SSSR count). The summed E-state index contributed by atoms with van der Waals surface area (Å²) >= 11 is 0. The van der Waals surface area contributed by atoms with Gasteiger partial charge in [-0.25, -0.2) is 9.18 Å². The standard InChI is InChI=1S/C17H22FNO5/c1-23-8-9-24-11-13-10-12(4-5-14(13)18)15(20)19-17(16(21)22)6-2-3-7-17/h4-5,10H,2-3,6-9,11H2,1H3,(H,19,20)(H,21,22). The number of hydrogen-bond donors (Lipinski definition) is 2. The molecule has 0 atom stereocenters. The average molecular weight is 339 g/mol. The molecule has 0 spiro atoms. The maximum atomic E-state index is 13.8. The van der Waals surface area contributed by atoms with Crippen molar-refractivity contribution in [3.8, 4) is 0 Å². The van der Waals surface area contributed by atoms with Gasteiger partial charge in [-0.15, -0.1) is 0 Å². The van der Waals surface area contributed by atoms with Crippen LogP contribution < -0.4 is 5.32 Å². The van der Waals surface area contributed by atoms with E-state index < -0.39 is 23.2 Å². The Labute approximate surface area is 139 Å². The summed E-state index contributed by atoms with van der Waals surface area (Å²) in [6.07, 6.45) is 2.33. The van der Waals surface area contributed by atoms with E-state index in [0.717, 1.165) is 12.8 Å². The molecule has 1 aromatic rings. The summed E-state index contributed by atoms with van der Waals surface area (Å²) in [6.45, 7) is 0.720. The largest absolute Gasteiger partial charge is 0.480 e. The van der Waals surface area contributed by atoms with Gasteiger partial charge >= 0.3 is 5.97 Å². The normalized spacial score (nSPS) is 16.1. The van der Waals surface area contributed by atoms with Gasteiger partial charge in [0, 0.05) is 18.2 Å². The highest BCUT2D eigenvalue weighted by atomic mass is 19.1. The molecule has 0 heterocycles. The van der Waals surface area contributed by atoms with Crippen LogP contribution in [0.1, 0.15) is 41.6 Å². The molecule has 1 aliphatic carbocycles. The molecule has 0 radical (unpaired) electrons. The van der Waals surface area contributed by atoms with Gasteiger partial charge in [-0.2, -0.15) is 0 Å². The minimum absolute atomic E-state index is 0.0143. The van der Waals surface area contributed by atoms with Crippen molar-refractivity contribution in [3.05, 3.63) is 35.1 Å². The monoisotopic (exact) mass is 339 g/mol. The Kier molecular flexibility index (Phi) is 6.28. The van der Waals surface area contributed by atoms with Crippen LogP contribution >= 0.6 is 0 Å². The van der Waals surface area contributed by atoms with Gasteiger partial charge in [0.05, 0.1) is 19.8 Å². The zero-order chi connectivity index (χ0) is 17.6. The molecule has 0 unspecified atom stereocenters. The molecule has 1 fully saturated rings. The summed E-state index contributed by atoms with van der Waals surface area (Å²) in [5, 5.41) is 12.0. The lowest BCUT2D eigenvalue weighted by atomic mass is 9.97. The highest BCUT2D eigenvalue weighted by molar-refractivity contribution is 5.98. The predicted octanol–water partition coefficient (Wildman–Crippen LogP) is 2.12. The van der Waals surface area contributed by atoms with Crippen LogP contribution in [0.2, 0.25) is 0 Å². The Morgan fingerprint density at radius 3 is 2.62 bits per heavy atom. The molecule has 7 heteroatoms. The average Bonchev–Trinajstić information content (AvgIpc) is 3.03. The zero-order valence-corrected chi connectivity index (χ0v) is 13.6. The molecule has 1 aromatic carbocycles. The van der Waals surface area contributed by atoms with Crippen LogP contribution in [0.25, 0.3) is 0 Å². The fourth-order valence-corrected chi connectivity index (χ4v) is 2.81. The number of amides is 1. The minimum atomic E-state index is -1.22. The van der Waals surface area contributed by atoms with Crippen LogP contribution in [-0.2, 0) is 20.9 Å². The number of carboxylic acid groups (broad SMARTS) is 1. The third-order valence-corrected chi connectivity index (χ3v) is 4.22. The molecule has 24 heavy (non-hydrogen) atoms. The maximum absolute atomic E-state index is 13.8. The highest BCUT2D eigenvalue weighted by Crippen LogP contribution is 2.30. The number of carbonyl (C=O) groups is 2. The lowest BCUT2D eigenvalue weighted by Gasteiger charge is -2.25. The third-order valence-electron chi connectivity index (χ3n) is 4.22. The van der Waals surface area contributed by atoms with E-state index >= 15 is 0 Å². The number of carbonyl (C=O) groups excluding carboxylic acids is 1. The van der Waals surface area contributed by atoms with Crippen LogP contribution in [-0.4, -0.2) is 42.8 Å². The van der Waals surface area contributed by atoms with Crippen LogP contribution in [0.4, 0.5) is 4.39 Å². The fraction of sp³-hybridized carbons (Fsp3) is 0.529. The Morgan fingerprint density at radius 2 is 2.00 bits per heavy atom. The van der Waals surface area contributed by atoms with Gasteiger partial charge in [-0.1, -0.05) is 12.8 Å². The summed E-state index contributed by atoms with van der Waals surface area (Å²) in [4.78, 5) is 23.9. The van der Waals surface area contributed by atoms with Crippen molar-refractivity contribution in [1.82, 2.24) is 5.32 Å². The third kappa shape index (κ3) is 4.30. The zero-order valence-electron chi connectivity index (χ0n) is 13.6. The van der Waals surface area contributed by atoms with Crippen LogP contribution in [0.3, 0.4) is 0 Å². The summed E-state index contributed by atoms with van der Waals surface area (Å²) in [6, 6.07) is 3.92. The van der Waals surface area contributed by atoms with Crippen LogP contribution in [0.5, 0.6) is 0 Å². The lowest BCUT2D eigenvalue weighted by Crippen LogP contribution is -2.52. The predicted molar refractivity (Wildman–Crippen MR) is 84.2 cm³/mol. The van der Waals surface area contributed by atoms with E-state index in [1.807, 2.05) is 0 Å². The minimum Gasteiger partial charge on any atom is -0.480 e. The van der Waals surface area contributed by atoms with Crippen molar-refractivity contribution in [3.63, 3.8) is 0 Å². The first-order chi connectivity index (χ1) is 11.5. The molecular weight excluding hydrogens is 317 g/mol. The van der Waals surface area contributed by atoms with Gasteiger partial charge in [-0.3, -0.25) is 4.79 Å². The van der Waals surface area contributed by atoms with E-state index in [1.165, 1.54) is 25.3 Å². The molecule has 1 saturated carbocycles. The van der Waals surface area contributed by atoms with E-state index in [-0.39, 0.29) is 17.7 Å². The molecule has 1 aliphatic rings. The second kappa shape index (κ2) is 8.21. The van der Waals surface area contributed by atoms with Gasteiger partial charge in [0.15, 0.2) is 0 Å².